The van der Waals surface area contributed by atoms with Crippen molar-refractivity contribution in [1.82, 2.24) is 5.32 Å². The number of unbranched alkanes of at least 4 members (excludes halogenated alkanes) is 2. The number of rotatable bonds is 14. The van der Waals surface area contributed by atoms with Crippen LogP contribution in [0.25, 0.3) is 0 Å². The van der Waals surface area contributed by atoms with Crippen LogP contribution in [-0.2, 0) is 4.74 Å². The predicted octanol–water partition coefficient (Wildman–Crippen LogP) is 3.89. The number of hydrogen-bond donors (Lipinski definition) is 2. The van der Waals surface area contributed by atoms with Gasteiger partial charge in [-0.1, -0.05) is 33.1 Å². The minimum absolute atomic E-state index is 0.0890. The minimum Gasteiger partial charge on any atom is -0.394 e. The van der Waals surface area contributed by atoms with Gasteiger partial charge in [-0.05, 0) is 51.4 Å². The Balaban J connectivity index is 2.02. The first kappa shape index (κ1) is 18.9. The largest absolute Gasteiger partial charge is 0.394 e. The maximum atomic E-state index is 9.56. The summed E-state index contributed by atoms with van der Waals surface area (Å²) in [7, 11) is 0. The van der Waals surface area contributed by atoms with Gasteiger partial charge in [-0.15, -0.1) is 0 Å². The second kappa shape index (κ2) is 10.6. The molecule has 3 nitrogen and oxygen atoms in total. The Hall–Kier alpha value is -0.120. The Kier molecular flexibility index (Phi) is 9.54. The van der Waals surface area contributed by atoms with Gasteiger partial charge < -0.3 is 15.2 Å². The fourth-order valence-corrected chi connectivity index (χ4v) is 2.78. The van der Waals surface area contributed by atoms with Crippen LogP contribution in [0.1, 0.15) is 78.6 Å². The van der Waals surface area contributed by atoms with Gasteiger partial charge in [0.1, 0.15) is 0 Å². The molecule has 126 valence electrons. The quantitative estimate of drug-likeness (QED) is 0.478. The third-order valence-electron chi connectivity index (χ3n) is 4.64. The summed E-state index contributed by atoms with van der Waals surface area (Å²) in [5.41, 5.74) is -0.0890. The number of hydrogen-bond acceptors (Lipinski definition) is 3. The summed E-state index contributed by atoms with van der Waals surface area (Å²) in [6, 6.07) is 0.655. The lowest BCUT2D eigenvalue weighted by molar-refractivity contribution is 0.0875. The molecule has 0 heterocycles. The lowest BCUT2D eigenvalue weighted by Gasteiger charge is -2.29. The lowest BCUT2D eigenvalue weighted by Crippen LogP contribution is -2.46. The molecule has 1 aliphatic carbocycles. The second-order valence-electron chi connectivity index (χ2n) is 7.09. The van der Waals surface area contributed by atoms with Gasteiger partial charge in [-0.2, -0.15) is 0 Å². The normalized spacial score (nSPS) is 19.4. The van der Waals surface area contributed by atoms with Crippen molar-refractivity contribution < 1.29 is 9.84 Å². The zero-order chi connectivity index (χ0) is 15.6. The van der Waals surface area contributed by atoms with Gasteiger partial charge in [0.15, 0.2) is 0 Å². The molecule has 0 spiro atoms. The summed E-state index contributed by atoms with van der Waals surface area (Å²) in [5.74, 6) is 0.740. The van der Waals surface area contributed by atoms with E-state index in [2.05, 4.69) is 26.1 Å². The molecule has 3 heteroatoms. The lowest BCUT2D eigenvalue weighted by atomic mass is 9.95. The van der Waals surface area contributed by atoms with Crippen LogP contribution in [0.15, 0.2) is 0 Å². The zero-order valence-electron chi connectivity index (χ0n) is 14.5. The molecule has 0 aromatic rings. The molecule has 2 atom stereocenters. The highest BCUT2D eigenvalue weighted by Gasteiger charge is 2.31. The molecular weight excluding hydrogens is 262 g/mol. The monoisotopic (exact) mass is 299 g/mol. The summed E-state index contributed by atoms with van der Waals surface area (Å²) < 4.78 is 5.84. The smallest absolute Gasteiger partial charge is 0.0610 e. The zero-order valence-corrected chi connectivity index (χ0v) is 14.5. The van der Waals surface area contributed by atoms with Crippen molar-refractivity contribution in [1.29, 1.82) is 0 Å². The molecule has 0 bridgehead atoms. The first-order chi connectivity index (χ1) is 10.1. The summed E-state index contributed by atoms with van der Waals surface area (Å²) in [6.45, 7) is 8.69. The Morgan fingerprint density at radius 2 is 2.00 bits per heavy atom. The molecule has 0 aromatic heterocycles. The van der Waals surface area contributed by atoms with Crippen molar-refractivity contribution in [2.24, 2.45) is 5.92 Å². The number of nitrogens with one attached hydrogen (secondary N) is 1. The van der Waals surface area contributed by atoms with Gasteiger partial charge in [0.2, 0.25) is 0 Å². The van der Waals surface area contributed by atoms with Crippen LogP contribution in [0.5, 0.6) is 0 Å². The van der Waals surface area contributed by atoms with Gasteiger partial charge in [0.25, 0.3) is 0 Å². The molecule has 2 unspecified atom stereocenters. The van der Waals surface area contributed by atoms with E-state index in [1.54, 1.807) is 0 Å². The molecule has 1 fully saturated rings. The molecule has 0 amide bonds. The summed E-state index contributed by atoms with van der Waals surface area (Å²) in [4.78, 5) is 0. The molecular formula is C18H37NO2. The summed E-state index contributed by atoms with van der Waals surface area (Å²) >= 11 is 0. The highest BCUT2D eigenvalue weighted by molar-refractivity contribution is 4.92. The van der Waals surface area contributed by atoms with Crippen LogP contribution in [0, 0.1) is 5.92 Å². The molecule has 1 rings (SSSR count). The van der Waals surface area contributed by atoms with E-state index in [0.29, 0.717) is 6.04 Å². The standard InChI is InChI=1S/C18H37NO2/c1-4-6-9-16(5-2)14-21-13-8-7-12-18(3,15-20)19-17-10-11-17/h16-17,19-20H,4-15H2,1-3H3. The fraction of sp³-hybridized carbons (Fsp3) is 1.00. The van der Waals surface area contributed by atoms with Crippen molar-refractivity contribution in [3.8, 4) is 0 Å². The van der Waals surface area contributed by atoms with Crippen LogP contribution >= 0.6 is 0 Å². The maximum absolute atomic E-state index is 9.56. The van der Waals surface area contributed by atoms with Crippen molar-refractivity contribution in [2.45, 2.75) is 90.1 Å². The molecule has 2 N–H and O–H groups in total. The van der Waals surface area contributed by atoms with E-state index >= 15 is 0 Å². The minimum atomic E-state index is -0.0890. The van der Waals surface area contributed by atoms with Gasteiger partial charge in [0.05, 0.1) is 6.61 Å². The number of aliphatic hydroxyl groups is 1. The van der Waals surface area contributed by atoms with Crippen molar-refractivity contribution >= 4 is 0 Å². The van der Waals surface area contributed by atoms with Gasteiger partial charge >= 0.3 is 0 Å². The maximum Gasteiger partial charge on any atom is 0.0610 e. The van der Waals surface area contributed by atoms with E-state index in [9.17, 15) is 5.11 Å². The molecule has 1 saturated carbocycles. The van der Waals surface area contributed by atoms with Crippen molar-refractivity contribution in [2.75, 3.05) is 19.8 Å². The molecule has 0 aromatic carbocycles. The summed E-state index contributed by atoms with van der Waals surface area (Å²) in [6.07, 6.45) is 11.0. The van der Waals surface area contributed by atoms with E-state index in [4.69, 9.17) is 4.74 Å². The van der Waals surface area contributed by atoms with E-state index in [1.165, 1.54) is 38.5 Å². The molecule has 0 aliphatic heterocycles. The number of aliphatic hydroxyl groups excluding tert-OH is 1. The molecule has 1 aliphatic rings. The SMILES string of the molecule is CCCCC(CC)COCCCCC(C)(CO)NC1CC1. The third-order valence-corrected chi connectivity index (χ3v) is 4.64. The molecule has 0 radical (unpaired) electrons. The Morgan fingerprint density at radius 1 is 1.24 bits per heavy atom. The highest BCUT2D eigenvalue weighted by Crippen LogP contribution is 2.25. The molecule has 0 saturated heterocycles. The van der Waals surface area contributed by atoms with Gasteiger partial charge in [0, 0.05) is 24.8 Å². The highest BCUT2D eigenvalue weighted by atomic mass is 16.5. The fourth-order valence-electron chi connectivity index (χ4n) is 2.78. The average molecular weight is 299 g/mol. The summed E-state index contributed by atoms with van der Waals surface area (Å²) in [5, 5.41) is 13.1. The van der Waals surface area contributed by atoms with Crippen molar-refractivity contribution in [3.05, 3.63) is 0 Å². The van der Waals surface area contributed by atoms with Crippen molar-refractivity contribution in [3.63, 3.8) is 0 Å². The van der Waals surface area contributed by atoms with Crippen LogP contribution in [-0.4, -0.2) is 36.5 Å². The topological polar surface area (TPSA) is 41.5 Å². The van der Waals surface area contributed by atoms with Crippen LogP contribution < -0.4 is 5.32 Å². The Bertz CT molecular complexity index is 256. The Labute approximate surface area is 131 Å². The van der Waals surface area contributed by atoms with Crippen LogP contribution in [0.4, 0.5) is 0 Å². The van der Waals surface area contributed by atoms with Crippen LogP contribution in [0.3, 0.4) is 0 Å². The third kappa shape index (κ3) is 8.80. The first-order valence-corrected chi connectivity index (χ1v) is 9.09. The van der Waals surface area contributed by atoms with E-state index in [-0.39, 0.29) is 12.1 Å². The predicted molar refractivity (Wildman–Crippen MR) is 89.6 cm³/mol. The number of ether oxygens (including phenoxy) is 1. The first-order valence-electron chi connectivity index (χ1n) is 9.09. The van der Waals surface area contributed by atoms with E-state index in [0.717, 1.165) is 38.4 Å². The molecule has 21 heavy (non-hydrogen) atoms. The van der Waals surface area contributed by atoms with E-state index < -0.39 is 0 Å². The average Bonchev–Trinajstić information content (AvgIpc) is 3.29. The van der Waals surface area contributed by atoms with Gasteiger partial charge in [-0.25, -0.2) is 0 Å². The van der Waals surface area contributed by atoms with E-state index in [1.807, 2.05) is 0 Å². The second-order valence-corrected chi connectivity index (χ2v) is 7.09. The van der Waals surface area contributed by atoms with Crippen LogP contribution in [0.2, 0.25) is 0 Å². The van der Waals surface area contributed by atoms with Gasteiger partial charge in [-0.3, -0.25) is 0 Å². The Morgan fingerprint density at radius 3 is 2.57 bits per heavy atom.